The molecule has 5 aromatic carbocycles. The molecular weight excluding hydrogens is 480 g/mol. The molecule has 0 bridgehead atoms. The number of nitro benzene ring substituents is 1. The number of pyridine rings is 1. The van der Waals surface area contributed by atoms with Crippen LogP contribution >= 0.6 is 0 Å². The van der Waals surface area contributed by atoms with Gasteiger partial charge in [-0.15, -0.1) is 0 Å². The molecule has 0 saturated carbocycles. The topological polar surface area (TPSA) is 56.0 Å². The molecule has 6 rings (SSSR count). The molecule has 0 atom stereocenters. The Morgan fingerprint density at radius 2 is 0.744 bits per heavy atom. The van der Waals surface area contributed by atoms with Crippen LogP contribution in [0, 0.1) is 10.1 Å². The van der Waals surface area contributed by atoms with Crippen LogP contribution in [0.4, 0.5) is 5.69 Å². The minimum absolute atomic E-state index is 0.0573. The first-order chi connectivity index (χ1) is 19.2. The average molecular weight is 505 g/mol. The normalized spacial score (nSPS) is 10.8. The van der Waals surface area contributed by atoms with E-state index in [0.29, 0.717) is 0 Å². The molecule has 0 amide bonds. The lowest BCUT2D eigenvalue weighted by Gasteiger charge is -2.23. The molecule has 1 aromatic heterocycles. The van der Waals surface area contributed by atoms with Crippen molar-refractivity contribution in [3.05, 3.63) is 156 Å². The number of non-ortho nitro benzene ring substituents is 1. The summed E-state index contributed by atoms with van der Waals surface area (Å²) < 4.78 is 0. The van der Waals surface area contributed by atoms with E-state index in [1.165, 1.54) is 0 Å². The van der Waals surface area contributed by atoms with Gasteiger partial charge < -0.3 is 0 Å². The molecule has 0 aliphatic heterocycles. The zero-order valence-electron chi connectivity index (χ0n) is 21.1. The molecule has 186 valence electrons. The Kier molecular flexibility index (Phi) is 6.50. The first-order valence-corrected chi connectivity index (χ1v) is 12.8. The fourth-order valence-electron chi connectivity index (χ4n) is 5.01. The highest BCUT2D eigenvalue weighted by Crippen LogP contribution is 2.48. The number of hydrogen-bond acceptors (Lipinski definition) is 3. The van der Waals surface area contributed by atoms with Crippen LogP contribution in [0.3, 0.4) is 0 Å². The van der Waals surface area contributed by atoms with Crippen LogP contribution in [0.15, 0.2) is 146 Å². The molecule has 0 fully saturated rings. The molecule has 0 N–H and O–H groups in total. The van der Waals surface area contributed by atoms with Gasteiger partial charge in [0.05, 0.1) is 16.3 Å². The van der Waals surface area contributed by atoms with E-state index in [9.17, 15) is 10.1 Å². The SMILES string of the molecule is O=[N+]([O-])c1ccc(-c2c(-c3ccccc3)c(-c3ccccc3)nc(-c3ccccc3)c2-c2ccccc2)cc1. The molecule has 1 heterocycles. The van der Waals surface area contributed by atoms with Crippen LogP contribution in [0.1, 0.15) is 0 Å². The Morgan fingerprint density at radius 1 is 0.410 bits per heavy atom. The highest BCUT2D eigenvalue weighted by Gasteiger charge is 2.25. The Morgan fingerprint density at radius 3 is 1.10 bits per heavy atom. The van der Waals surface area contributed by atoms with Gasteiger partial charge in [0.25, 0.3) is 5.69 Å². The van der Waals surface area contributed by atoms with Crippen molar-refractivity contribution in [1.82, 2.24) is 4.98 Å². The van der Waals surface area contributed by atoms with Crippen LogP contribution in [-0.2, 0) is 0 Å². The first-order valence-electron chi connectivity index (χ1n) is 12.8. The van der Waals surface area contributed by atoms with Gasteiger partial charge in [0.2, 0.25) is 0 Å². The van der Waals surface area contributed by atoms with E-state index in [1.807, 2.05) is 84.9 Å². The van der Waals surface area contributed by atoms with Gasteiger partial charge in [-0.05, 0) is 28.8 Å². The number of nitro groups is 1. The van der Waals surface area contributed by atoms with E-state index in [2.05, 4.69) is 48.5 Å². The van der Waals surface area contributed by atoms with Gasteiger partial charge in [0.15, 0.2) is 0 Å². The van der Waals surface area contributed by atoms with Crippen LogP contribution < -0.4 is 0 Å². The fourth-order valence-corrected chi connectivity index (χ4v) is 5.01. The first kappa shape index (κ1) is 24.0. The van der Waals surface area contributed by atoms with Gasteiger partial charge in [-0.2, -0.15) is 0 Å². The van der Waals surface area contributed by atoms with Crippen LogP contribution in [0.5, 0.6) is 0 Å². The van der Waals surface area contributed by atoms with Gasteiger partial charge in [0, 0.05) is 39.9 Å². The third kappa shape index (κ3) is 4.72. The van der Waals surface area contributed by atoms with E-state index in [-0.39, 0.29) is 10.6 Å². The van der Waals surface area contributed by atoms with Crippen molar-refractivity contribution in [2.24, 2.45) is 0 Å². The Bertz CT molecular complexity index is 1630. The number of aromatic nitrogens is 1. The maximum atomic E-state index is 11.5. The number of rotatable bonds is 6. The average Bonchev–Trinajstić information content (AvgIpc) is 3.02. The van der Waals surface area contributed by atoms with Crippen LogP contribution in [-0.4, -0.2) is 9.91 Å². The molecule has 4 heteroatoms. The number of hydrogen-bond donors (Lipinski definition) is 0. The van der Waals surface area contributed by atoms with Crippen molar-refractivity contribution < 1.29 is 4.92 Å². The molecule has 0 radical (unpaired) electrons. The number of benzene rings is 5. The van der Waals surface area contributed by atoms with Crippen molar-refractivity contribution in [3.8, 4) is 55.9 Å². The standard InChI is InChI=1S/C35H24N2O2/c38-37(39)30-23-21-27(22-24-30)31-32(25-13-5-1-6-14-25)34(28-17-9-3-10-18-28)36-35(29-19-11-4-12-20-29)33(31)26-15-7-2-8-16-26/h1-24H. The second-order valence-corrected chi connectivity index (χ2v) is 9.20. The van der Waals surface area contributed by atoms with E-state index >= 15 is 0 Å². The summed E-state index contributed by atoms with van der Waals surface area (Å²) in [6.45, 7) is 0. The summed E-state index contributed by atoms with van der Waals surface area (Å²) in [6.07, 6.45) is 0. The van der Waals surface area contributed by atoms with Gasteiger partial charge in [-0.3, -0.25) is 10.1 Å². The highest BCUT2D eigenvalue weighted by molar-refractivity contribution is 6.04. The fraction of sp³-hybridized carbons (Fsp3) is 0. The molecule has 4 nitrogen and oxygen atoms in total. The Balaban J connectivity index is 1.82. The summed E-state index contributed by atoms with van der Waals surface area (Å²) in [7, 11) is 0. The highest BCUT2D eigenvalue weighted by atomic mass is 16.6. The molecular formula is C35H24N2O2. The summed E-state index contributed by atoms with van der Waals surface area (Å²) in [4.78, 5) is 16.5. The Labute approximate surface area is 227 Å². The largest absolute Gasteiger partial charge is 0.269 e. The summed E-state index contributed by atoms with van der Waals surface area (Å²) in [5.74, 6) is 0. The van der Waals surface area contributed by atoms with Crippen molar-refractivity contribution in [1.29, 1.82) is 0 Å². The minimum Gasteiger partial charge on any atom is -0.258 e. The third-order valence-electron chi connectivity index (χ3n) is 6.78. The molecule has 6 aromatic rings. The summed E-state index contributed by atoms with van der Waals surface area (Å²) in [5.41, 5.74) is 9.63. The van der Waals surface area contributed by atoms with Crippen molar-refractivity contribution in [3.63, 3.8) is 0 Å². The lowest BCUT2D eigenvalue weighted by molar-refractivity contribution is -0.384. The maximum Gasteiger partial charge on any atom is 0.269 e. The summed E-state index contributed by atoms with van der Waals surface area (Å²) in [6, 6.07) is 47.7. The van der Waals surface area contributed by atoms with E-state index in [4.69, 9.17) is 4.98 Å². The lowest BCUT2D eigenvalue weighted by atomic mass is 9.83. The smallest absolute Gasteiger partial charge is 0.258 e. The van der Waals surface area contributed by atoms with Gasteiger partial charge in [-0.1, -0.05) is 121 Å². The van der Waals surface area contributed by atoms with Gasteiger partial charge in [-0.25, -0.2) is 4.98 Å². The van der Waals surface area contributed by atoms with Gasteiger partial charge >= 0.3 is 0 Å². The summed E-state index contributed by atoms with van der Waals surface area (Å²) >= 11 is 0. The van der Waals surface area contributed by atoms with E-state index in [1.54, 1.807) is 12.1 Å². The second kappa shape index (κ2) is 10.6. The van der Waals surface area contributed by atoms with Crippen LogP contribution in [0.25, 0.3) is 55.9 Å². The predicted molar refractivity (Wildman–Crippen MR) is 158 cm³/mol. The zero-order chi connectivity index (χ0) is 26.6. The second-order valence-electron chi connectivity index (χ2n) is 9.20. The monoisotopic (exact) mass is 504 g/mol. The molecule has 0 aliphatic rings. The van der Waals surface area contributed by atoms with Crippen molar-refractivity contribution >= 4 is 5.69 Å². The molecule has 0 aliphatic carbocycles. The predicted octanol–water partition coefficient (Wildman–Crippen LogP) is 9.32. The molecule has 0 spiro atoms. The van der Waals surface area contributed by atoms with Crippen molar-refractivity contribution in [2.45, 2.75) is 0 Å². The quantitative estimate of drug-likeness (QED) is 0.168. The molecule has 39 heavy (non-hydrogen) atoms. The minimum atomic E-state index is -0.364. The lowest BCUT2D eigenvalue weighted by Crippen LogP contribution is -2.01. The van der Waals surface area contributed by atoms with E-state index < -0.39 is 0 Å². The maximum absolute atomic E-state index is 11.5. The third-order valence-corrected chi connectivity index (χ3v) is 6.78. The summed E-state index contributed by atoms with van der Waals surface area (Å²) in [5, 5.41) is 11.5. The van der Waals surface area contributed by atoms with Gasteiger partial charge in [0.1, 0.15) is 0 Å². The number of nitrogens with zero attached hydrogens (tertiary/aromatic N) is 2. The zero-order valence-corrected chi connectivity index (χ0v) is 21.1. The Hall–Kier alpha value is -5.35. The van der Waals surface area contributed by atoms with E-state index in [0.717, 1.165) is 55.9 Å². The molecule has 0 unspecified atom stereocenters. The molecule has 0 saturated heterocycles. The van der Waals surface area contributed by atoms with Crippen molar-refractivity contribution in [2.75, 3.05) is 0 Å². The van der Waals surface area contributed by atoms with Crippen LogP contribution in [0.2, 0.25) is 0 Å².